The van der Waals surface area contributed by atoms with E-state index in [1.807, 2.05) is 24.3 Å². The third-order valence-electron chi connectivity index (χ3n) is 4.11. The van der Waals surface area contributed by atoms with Crippen molar-refractivity contribution in [1.82, 2.24) is 14.8 Å². The van der Waals surface area contributed by atoms with Crippen LogP contribution in [0.1, 0.15) is 32.2 Å². The highest BCUT2D eigenvalue weighted by Crippen LogP contribution is 2.23. The summed E-state index contributed by atoms with van der Waals surface area (Å²) < 4.78 is 6.26. The molecule has 0 atom stereocenters. The molecule has 7 heteroatoms. The molecule has 0 aliphatic carbocycles. The zero-order valence-corrected chi connectivity index (χ0v) is 14.5. The average molecular weight is 338 g/mol. The number of aryl methyl sites for hydroxylation is 2. The number of fused-ring (bicyclic) bond motifs is 1. The molecule has 0 bridgehead atoms. The van der Waals surface area contributed by atoms with Gasteiger partial charge in [-0.15, -0.1) is 0 Å². The maximum atomic E-state index is 12.8. The molecule has 1 aromatic carbocycles. The smallest absolute Gasteiger partial charge is 0.360 e. The average Bonchev–Trinajstić information content (AvgIpc) is 2.88. The molecule has 1 amide bonds. The standard InChI is InChI=1S/C18H18N4O3/c1-10-13(9-12-7-5-6-8-14(12)19-10)17(23)20-15-11(2)22(3)21-16(15)18(24)25-4/h5-9H,1-4H3,(H,20,23). The van der Waals surface area contributed by atoms with Gasteiger partial charge in [0, 0.05) is 12.4 Å². The van der Waals surface area contributed by atoms with Crippen molar-refractivity contribution in [3.63, 3.8) is 0 Å². The first-order valence-electron chi connectivity index (χ1n) is 7.72. The highest BCUT2D eigenvalue weighted by Gasteiger charge is 2.23. The normalized spacial score (nSPS) is 10.7. The summed E-state index contributed by atoms with van der Waals surface area (Å²) in [6, 6.07) is 9.37. The van der Waals surface area contributed by atoms with E-state index in [0.29, 0.717) is 22.6 Å². The molecule has 0 fully saturated rings. The number of nitrogens with one attached hydrogen (secondary N) is 1. The second kappa shape index (κ2) is 6.35. The fourth-order valence-corrected chi connectivity index (χ4v) is 2.62. The van der Waals surface area contributed by atoms with E-state index in [4.69, 9.17) is 4.74 Å². The Kier molecular flexibility index (Phi) is 4.22. The molecule has 0 saturated heterocycles. The molecule has 0 unspecified atom stereocenters. The number of ether oxygens (including phenoxy) is 1. The molecule has 2 heterocycles. The van der Waals surface area contributed by atoms with Crippen LogP contribution in [0.25, 0.3) is 10.9 Å². The van der Waals surface area contributed by atoms with E-state index in [1.54, 1.807) is 27.0 Å². The summed E-state index contributed by atoms with van der Waals surface area (Å²) in [7, 11) is 2.97. The Morgan fingerprint density at radius 1 is 1.20 bits per heavy atom. The summed E-state index contributed by atoms with van der Waals surface area (Å²) in [6.45, 7) is 3.54. The van der Waals surface area contributed by atoms with Gasteiger partial charge >= 0.3 is 5.97 Å². The first kappa shape index (κ1) is 16.6. The Morgan fingerprint density at radius 2 is 1.92 bits per heavy atom. The van der Waals surface area contributed by atoms with Crippen LogP contribution in [0.5, 0.6) is 0 Å². The zero-order chi connectivity index (χ0) is 18.1. The topological polar surface area (TPSA) is 86.1 Å². The number of hydrogen-bond donors (Lipinski definition) is 1. The molecule has 25 heavy (non-hydrogen) atoms. The number of anilines is 1. The highest BCUT2D eigenvalue weighted by atomic mass is 16.5. The van der Waals surface area contributed by atoms with Gasteiger partial charge in [-0.1, -0.05) is 18.2 Å². The molecule has 0 radical (unpaired) electrons. The minimum absolute atomic E-state index is 0.0715. The number of pyridine rings is 1. The molecular formula is C18H18N4O3. The number of aromatic nitrogens is 3. The van der Waals surface area contributed by atoms with E-state index >= 15 is 0 Å². The van der Waals surface area contributed by atoms with Crippen molar-refractivity contribution in [1.29, 1.82) is 0 Å². The summed E-state index contributed by atoms with van der Waals surface area (Å²) >= 11 is 0. The largest absolute Gasteiger partial charge is 0.464 e. The molecule has 0 saturated carbocycles. The number of benzene rings is 1. The van der Waals surface area contributed by atoms with Gasteiger partial charge in [0.2, 0.25) is 0 Å². The maximum absolute atomic E-state index is 12.8. The molecule has 3 rings (SSSR count). The van der Waals surface area contributed by atoms with Gasteiger partial charge in [0.05, 0.1) is 35.3 Å². The van der Waals surface area contributed by atoms with Crippen molar-refractivity contribution in [3.05, 3.63) is 53.0 Å². The van der Waals surface area contributed by atoms with Gasteiger partial charge < -0.3 is 10.1 Å². The van der Waals surface area contributed by atoms with Crippen LogP contribution >= 0.6 is 0 Å². The number of para-hydroxylation sites is 1. The van der Waals surface area contributed by atoms with Crippen LogP contribution in [0.4, 0.5) is 5.69 Å². The lowest BCUT2D eigenvalue weighted by molar-refractivity contribution is 0.0594. The second-order valence-electron chi connectivity index (χ2n) is 5.69. The fraction of sp³-hybridized carbons (Fsp3) is 0.222. The lowest BCUT2D eigenvalue weighted by Gasteiger charge is -2.09. The number of carbonyl (C=O) groups is 2. The predicted octanol–water partition coefficient (Wildman–Crippen LogP) is 2.62. The van der Waals surface area contributed by atoms with E-state index in [-0.39, 0.29) is 11.6 Å². The van der Waals surface area contributed by atoms with Crippen molar-refractivity contribution in [2.24, 2.45) is 7.05 Å². The number of carbonyl (C=O) groups excluding carboxylic acids is 2. The van der Waals surface area contributed by atoms with Gasteiger partial charge in [-0.05, 0) is 26.0 Å². The van der Waals surface area contributed by atoms with E-state index in [2.05, 4.69) is 15.4 Å². The fourth-order valence-electron chi connectivity index (χ4n) is 2.62. The van der Waals surface area contributed by atoms with Crippen molar-refractivity contribution in [2.75, 3.05) is 12.4 Å². The number of rotatable bonds is 3. The van der Waals surface area contributed by atoms with Crippen molar-refractivity contribution < 1.29 is 14.3 Å². The Bertz CT molecular complexity index is 991. The molecule has 1 N–H and O–H groups in total. The highest BCUT2D eigenvalue weighted by molar-refractivity contribution is 6.09. The summed E-state index contributed by atoms with van der Waals surface area (Å²) in [5.74, 6) is -0.954. The van der Waals surface area contributed by atoms with Crippen LogP contribution in [-0.4, -0.2) is 33.8 Å². The second-order valence-corrected chi connectivity index (χ2v) is 5.69. The minimum Gasteiger partial charge on any atom is -0.464 e. The van der Waals surface area contributed by atoms with Gasteiger partial charge in [-0.25, -0.2) is 4.79 Å². The van der Waals surface area contributed by atoms with Crippen LogP contribution in [0.3, 0.4) is 0 Å². The van der Waals surface area contributed by atoms with Crippen molar-refractivity contribution in [2.45, 2.75) is 13.8 Å². The molecule has 3 aromatic rings. The van der Waals surface area contributed by atoms with Crippen LogP contribution < -0.4 is 5.32 Å². The SMILES string of the molecule is COC(=O)c1nn(C)c(C)c1NC(=O)c1cc2ccccc2nc1C. The first-order chi connectivity index (χ1) is 11.9. The summed E-state index contributed by atoms with van der Waals surface area (Å²) in [5.41, 5.74) is 2.94. The van der Waals surface area contributed by atoms with E-state index in [9.17, 15) is 9.59 Å². The lowest BCUT2D eigenvalue weighted by atomic mass is 10.1. The molecular weight excluding hydrogens is 320 g/mol. The van der Waals surface area contributed by atoms with Crippen molar-refractivity contribution >= 4 is 28.5 Å². The third-order valence-corrected chi connectivity index (χ3v) is 4.11. The minimum atomic E-state index is -0.604. The van der Waals surface area contributed by atoms with Crippen molar-refractivity contribution in [3.8, 4) is 0 Å². The zero-order valence-electron chi connectivity index (χ0n) is 14.5. The quantitative estimate of drug-likeness (QED) is 0.742. The van der Waals surface area contributed by atoms with E-state index in [1.165, 1.54) is 11.8 Å². The first-order valence-corrected chi connectivity index (χ1v) is 7.72. The molecule has 0 aliphatic rings. The van der Waals surface area contributed by atoms with Gasteiger partial charge in [0.1, 0.15) is 0 Å². The van der Waals surface area contributed by atoms with Crippen LogP contribution in [0, 0.1) is 13.8 Å². The molecule has 2 aromatic heterocycles. The number of methoxy groups -OCH3 is 1. The summed E-state index contributed by atoms with van der Waals surface area (Å²) in [5, 5.41) is 7.76. The lowest BCUT2D eigenvalue weighted by Crippen LogP contribution is -2.17. The Balaban J connectivity index is 2.01. The number of nitrogens with zero attached hydrogens (tertiary/aromatic N) is 3. The van der Waals surface area contributed by atoms with Gasteiger partial charge in [-0.3, -0.25) is 14.5 Å². The molecule has 128 valence electrons. The Morgan fingerprint density at radius 3 is 2.64 bits per heavy atom. The van der Waals surface area contributed by atoms with E-state index in [0.717, 1.165) is 10.9 Å². The molecule has 0 spiro atoms. The van der Waals surface area contributed by atoms with Crippen LogP contribution in [0.15, 0.2) is 30.3 Å². The number of esters is 1. The molecule has 7 nitrogen and oxygen atoms in total. The summed E-state index contributed by atoms with van der Waals surface area (Å²) in [4.78, 5) is 29.1. The Hall–Kier alpha value is -3.22. The molecule has 0 aliphatic heterocycles. The predicted molar refractivity (Wildman–Crippen MR) is 93.7 cm³/mol. The summed E-state index contributed by atoms with van der Waals surface area (Å²) in [6.07, 6.45) is 0. The van der Waals surface area contributed by atoms with Gasteiger partial charge in [0.25, 0.3) is 5.91 Å². The maximum Gasteiger partial charge on any atom is 0.360 e. The van der Waals surface area contributed by atoms with Gasteiger partial charge in [0.15, 0.2) is 5.69 Å². The third kappa shape index (κ3) is 2.96. The monoisotopic (exact) mass is 338 g/mol. The number of amides is 1. The van der Waals surface area contributed by atoms with Gasteiger partial charge in [-0.2, -0.15) is 5.10 Å². The van der Waals surface area contributed by atoms with Crippen LogP contribution in [-0.2, 0) is 11.8 Å². The number of hydrogen-bond acceptors (Lipinski definition) is 5. The van der Waals surface area contributed by atoms with Crippen LogP contribution in [0.2, 0.25) is 0 Å². The van der Waals surface area contributed by atoms with E-state index < -0.39 is 5.97 Å². The Labute approximate surface area is 144 Å².